The van der Waals surface area contributed by atoms with Gasteiger partial charge in [-0.25, -0.2) is 4.79 Å². The van der Waals surface area contributed by atoms with Crippen LogP contribution in [0.25, 0.3) is 11.1 Å². The summed E-state index contributed by atoms with van der Waals surface area (Å²) in [4.78, 5) is 13.7. The third-order valence-corrected chi connectivity index (χ3v) is 2.46. The predicted octanol–water partition coefficient (Wildman–Crippen LogP) is 3.33. The summed E-state index contributed by atoms with van der Waals surface area (Å²) < 4.78 is 5.29. The normalized spacial score (nSPS) is 9.47. The standard InChI is InChI=1S/C14H11NO2/c1-17-14-5-3-2-4-13(14)11-6-8-12(9-7-11)15-10-16/h2-9H,1H3. The van der Waals surface area contributed by atoms with E-state index in [1.54, 1.807) is 19.2 Å². The average Bonchev–Trinajstić information content (AvgIpc) is 2.40. The fourth-order valence-corrected chi connectivity index (χ4v) is 1.65. The van der Waals surface area contributed by atoms with Gasteiger partial charge in [0.15, 0.2) is 0 Å². The number of nitrogens with zero attached hydrogens (tertiary/aromatic N) is 1. The molecule has 0 amide bonds. The second-order valence-electron chi connectivity index (χ2n) is 3.45. The maximum atomic E-state index is 10.1. The van der Waals surface area contributed by atoms with Gasteiger partial charge in [-0.15, -0.1) is 0 Å². The van der Waals surface area contributed by atoms with E-state index in [4.69, 9.17) is 4.74 Å². The first-order chi connectivity index (χ1) is 8.35. The number of carbonyl (C=O) groups excluding carboxylic acids is 1. The van der Waals surface area contributed by atoms with Crippen LogP contribution in [-0.2, 0) is 4.79 Å². The zero-order chi connectivity index (χ0) is 12.1. The van der Waals surface area contributed by atoms with E-state index in [2.05, 4.69) is 4.99 Å². The molecule has 3 heteroatoms. The Bertz CT molecular complexity index is 555. The van der Waals surface area contributed by atoms with Crippen molar-refractivity contribution in [3.63, 3.8) is 0 Å². The van der Waals surface area contributed by atoms with Crippen LogP contribution in [0.15, 0.2) is 53.5 Å². The van der Waals surface area contributed by atoms with Crippen molar-refractivity contribution >= 4 is 11.8 Å². The van der Waals surface area contributed by atoms with Crippen LogP contribution in [-0.4, -0.2) is 13.2 Å². The van der Waals surface area contributed by atoms with Gasteiger partial charge in [0.25, 0.3) is 0 Å². The van der Waals surface area contributed by atoms with Gasteiger partial charge in [0.2, 0.25) is 6.08 Å². The van der Waals surface area contributed by atoms with Gasteiger partial charge < -0.3 is 4.74 Å². The minimum absolute atomic E-state index is 0.596. The number of methoxy groups -OCH3 is 1. The van der Waals surface area contributed by atoms with E-state index < -0.39 is 0 Å². The summed E-state index contributed by atoms with van der Waals surface area (Å²) in [6.07, 6.45) is 1.52. The molecule has 0 radical (unpaired) electrons. The molecule has 3 nitrogen and oxygen atoms in total. The molecule has 0 fully saturated rings. The molecule has 2 aromatic rings. The maximum absolute atomic E-state index is 10.1. The third kappa shape index (κ3) is 2.41. The lowest BCUT2D eigenvalue weighted by Gasteiger charge is -2.07. The van der Waals surface area contributed by atoms with Crippen LogP contribution >= 0.6 is 0 Å². The molecule has 0 atom stereocenters. The number of hydrogen-bond donors (Lipinski definition) is 0. The van der Waals surface area contributed by atoms with Crippen molar-refractivity contribution in [3.05, 3.63) is 48.5 Å². The van der Waals surface area contributed by atoms with E-state index in [-0.39, 0.29) is 0 Å². The van der Waals surface area contributed by atoms with Crippen LogP contribution in [0.3, 0.4) is 0 Å². The molecule has 0 aromatic heterocycles. The van der Waals surface area contributed by atoms with Crippen LogP contribution in [0.5, 0.6) is 5.75 Å². The van der Waals surface area contributed by atoms with Crippen LogP contribution < -0.4 is 4.74 Å². The maximum Gasteiger partial charge on any atom is 0.240 e. The van der Waals surface area contributed by atoms with Gasteiger partial charge in [0.1, 0.15) is 5.75 Å². The lowest BCUT2D eigenvalue weighted by Crippen LogP contribution is -1.86. The van der Waals surface area contributed by atoms with Crippen molar-refractivity contribution in [1.82, 2.24) is 0 Å². The van der Waals surface area contributed by atoms with Gasteiger partial charge in [-0.1, -0.05) is 30.3 Å². The molecule has 0 saturated carbocycles. The molecule has 0 bridgehead atoms. The number of hydrogen-bond acceptors (Lipinski definition) is 3. The van der Waals surface area contributed by atoms with E-state index in [1.807, 2.05) is 36.4 Å². The average molecular weight is 225 g/mol. The fourth-order valence-electron chi connectivity index (χ4n) is 1.65. The molecule has 0 aliphatic heterocycles. The number of ether oxygens (including phenoxy) is 1. The highest BCUT2D eigenvalue weighted by atomic mass is 16.5. The van der Waals surface area contributed by atoms with Crippen molar-refractivity contribution in [3.8, 4) is 16.9 Å². The van der Waals surface area contributed by atoms with Gasteiger partial charge in [-0.2, -0.15) is 4.99 Å². The Hall–Kier alpha value is -2.38. The summed E-state index contributed by atoms with van der Waals surface area (Å²) in [6, 6.07) is 15.1. The molecule has 0 heterocycles. The number of benzene rings is 2. The molecular weight excluding hydrogens is 214 g/mol. The molecule has 0 saturated heterocycles. The Balaban J connectivity index is 2.42. The van der Waals surface area contributed by atoms with Crippen molar-refractivity contribution < 1.29 is 9.53 Å². The number of aliphatic imine (C=N–C) groups is 1. The molecule has 2 aromatic carbocycles. The Morgan fingerprint density at radius 2 is 1.76 bits per heavy atom. The second-order valence-corrected chi connectivity index (χ2v) is 3.45. The first-order valence-corrected chi connectivity index (χ1v) is 5.16. The molecule has 0 unspecified atom stereocenters. The van der Waals surface area contributed by atoms with Crippen molar-refractivity contribution in [2.24, 2.45) is 4.99 Å². The smallest absolute Gasteiger partial charge is 0.240 e. The topological polar surface area (TPSA) is 38.7 Å². The largest absolute Gasteiger partial charge is 0.496 e. The lowest BCUT2D eigenvalue weighted by atomic mass is 10.0. The summed E-state index contributed by atoms with van der Waals surface area (Å²) in [5.74, 6) is 0.819. The van der Waals surface area contributed by atoms with E-state index in [0.717, 1.165) is 16.9 Å². The highest BCUT2D eigenvalue weighted by molar-refractivity contribution is 5.71. The fraction of sp³-hybridized carbons (Fsp3) is 0.0714. The van der Waals surface area contributed by atoms with E-state index in [1.165, 1.54) is 6.08 Å². The molecule has 84 valence electrons. The van der Waals surface area contributed by atoms with Crippen molar-refractivity contribution in [1.29, 1.82) is 0 Å². The SMILES string of the molecule is COc1ccccc1-c1ccc(N=C=O)cc1. The number of isocyanates is 1. The van der Waals surface area contributed by atoms with Crippen molar-refractivity contribution in [2.75, 3.05) is 7.11 Å². The van der Waals surface area contributed by atoms with E-state index in [0.29, 0.717) is 5.69 Å². The van der Waals surface area contributed by atoms with Gasteiger partial charge >= 0.3 is 0 Å². The Kier molecular flexibility index (Phi) is 3.34. The molecule has 0 spiro atoms. The minimum Gasteiger partial charge on any atom is -0.496 e. The molecular formula is C14H11NO2. The van der Waals surface area contributed by atoms with Crippen molar-refractivity contribution in [2.45, 2.75) is 0 Å². The molecule has 17 heavy (non-hydrogen) atoms. The summed E-state index contributed by atoms with van der Waals surface area (Å²) in [5, 5.41) is 0. The van der Waals surface area contributed by atoms with Crippen LogP contribution in [0.2, 0.25) is 0 Å². The first-order valence-electron chi connectivity index (χ1n) is 5.16. The van der Waals surface area contributed by atoms with Gasteiger partial charge in [-0.05, 0) is 23.8 Å². The summed E-state index contributed by atoms with van der Waals surface area (Å²) in [5.41, 5.74) is 2.63. The second kappa shape index (κ2) is 5.10. The Morgan fingerprint density at radius 1 is 1.06 bits per heavy atom. The van der Waals surface area contributed by atoms with Gasteiger partial charge in [0, 0.05) is 5.56 Å². The summed E-state index contributed by atoms with van der Waals surface area (Å²) in [7, 11) is 1.64. The molecule has 2 rings (SSSR count). The van der Waals surface area contributed by atoms with Gasteiger partial charge in [0.05, 0.1) is 12.8 Å². The highest BCUT2D eigenvalue weighted by Crippen LogP contribution is 2.30. The third-order valence-electron chi connectivity index (χ3n) is 2.46. The van der Waals surface area contributed by atoms with E-state index in [9.17, 15) is 4.79 Å². The first kappa shape index (κ1) is 11.1. The zero-order valence-electron chi connectivity index (χ0n) is 9.38. The lowest BCUT2D eigenvalue weighted by molar-refractivity contribution is 0.416. The Morgan fingerprint density at radius 3 is 2.41 bits per heavy atom. The predicted molar refractivity (Wildman–Crippen MR) is 66.2 cm³/mol. The molecule has 0 aliphatic rings. The monoisotopic (exact) mass is 225 g/mol. The Labute approximate surface area is 99.4 Å². The van der Waals surface area contributed by atoms with E-state index >= 15 is 0 Å². The zero-order valence-corrected chi connectivity index (χ0v) is 9.38. The molecule has 0 N–H and O–H groups in total. The van der Waals surface area contributed by atoms with Gasteiger partial charge in [-0.3, -0.25) is 0 Å². The summed E-state index contributed by atoms with van der Waals surface area (Å²) >= 11 is 0. The summed E-state index contributed by atoms with van der Waals surface area (Å²) in [6.45, 7) is 0. The van der Waals surface area contributed by atoms with Crippen LogP contribution in [0.1, 0.15) is 0 Å². The van der Waals surface area contributed by atoms with Crippen LogP contribution in [0.4, 0.5) is 5.69 Å². The minimum atomic E-state index is 0.596. The molecule has 0 aliphatic carbocycles. The number of rotatable bonds is 3. The highest BCUT2D eigenvalue weighted by Gasteiger charge is 2.03. The van der Waals surface area contributed by atoms with Crippen LogP contribution in [0, 0.1) is 0 Å². The quantitative estimate of drug-likeness (QED) is 0.593. The number of para-hydroxylation sites is 1.